The van der Waals surface area contributed by atoms with Crippen molar-refractivity contribution >= 4 is 17.3 Å². The fourth-order valence-corrected chi connectivity index (χ4v) is 5.84. The van der Waals surface area contributed by atoms with Crippen LogP contribution in [0.4, 0.5) is 10.1 Å². The van der Waals surface area contributed by atoms with Crippen LogP contribution in [0.5, 0.6) is 5.75 Å². The lowest BCUT2D eigenvalue weighted by Gasteiger charge is -2.56. The zero-order chi connectivity index (χ0) is 20.0. The Morgan fingerprint density at radius 3 is 2.39 bits per heavy atom. The molecule has 4 fully saturated rings. The van der Waals surface area contributed by atoms with Gasteiger partial charge in [0.05, 0.1) is 12.7 Å². The van der Waals surface area contributed by atoms with Gasteiger partial charge in [-0.3, -0.25) is 4.79 Å². The third-order valence-electron chi connectivity index (χ3n) is 7.00. The number of halogens is 1. The van der Waals surface area contributed by atoms with Gasteiger partial charge in [-0.25, -0.2) is 4.39 Å². The molecule has 2 N–H and O–H groups in total. The number of anilines is 1. The Morgan fingerprint density at radius 1 is 1.25 bits per heavy atom. The lowest BCUT2D eigenvalue weighted by molar-refractivity contribution is -0.149. The summed E-state index contributed by atoms with van der Waals surface area (Å²) < 4.78 is 19.9. The van der Waals surface area contributed by atoms with Gasteiger partial charge in [-0.2, -0.15) is 0 Å². The van der Waals surface area contributed by atoms with Gasteiger partial charge in [-0.15, -0.1) is 0 Å². The monoisotopic (exact) mass is 387 g/mol. The quantitative estimate of drug-likeness (QED) is 0.724. The van der Waals surface area contributed by atoms with Gasteiger partial charge >= 0.3 is 0 Å². The number of rotatable bonds is 6. The highest BCUT2D eigenvalue weighted by molar-refractivity contribution is 6.06. The van der Waals surface area contributed by atoms with Crippen LogP contribution in [0.1, 0.15) is 51.0 Å². The van der Waals surface area contributed by atoms with Crippen LogP contribution >= 0.6 is 0 Å². The first-order valence-electron chi connectivity index (χ1n) is 10.4. The Kier molecular flexibility index (Phi) is 5.06. The molecule has 152 valence electrons. The van der Waals surface area contributed by atoms with Gasteiger partial charge < -0.3 is 20.4 Å². The van der Waals surface area contributed by atoms with Crippen LogP contribution in [-0.2, 0) is 4.79 Å². The predicted molar refractivity (Wildman–Crippen MR) is 108 cm³/mol. The van der Waals surface area contributed by atoms with Crippen molar-refractivity contribution in [2.45, 2.75) is 57.5 Å². The van der Waals surface area contributed by atoms with Crippen molar-refractivity contribution in [3.05, 3.63) is 23.5 Å². The highest BCUT2D eigenvalue weighted by atomic mass is 19.1. The number of carbonyl (C=O) groups is 1. The molecule has 2 aliphatic heterocycles. The third kappa shape index (κ3) is 3.16. The summed E-state index contributed by atoms with van der Waals surface area (Å²) >= 11 is 0. The van der Waals surface area contributed by atoms with Crippen LogP contribution in [0, 0.1) is 29.0 Å². The van der Waals surface area contributed by atoms with Gasteiger partial charge in [0, 0.05) is 42.9 Å². The minimum Gasteiger partial charge on any atom is -0.494 e. The molecule has 5 rings (SSSR count). The average molecular weight is 387 g/mol. The van der Waals surface area contributed by atoms with E-state index in [1.165, 1.54) is 13.5 Å². The van der Waals surface area contributed by atoms with Crippen LogP contribution in [0.25, 0.3) is 0 Å². The van der Waals surface area contributed by atoms with Crippen LogP contribution in [0.2, 0.25) is 0 Å². The van der Waals surface area contributed by atoms with E-state index in [1.807, 2.05) is 6.92 Å². The van der Waals surface area contributed by atoms with Crippen molar-refractivity contribution in [2.24, 2.45) is 17.8 Å². The molecule has 1 unspecified atom stereocenters. The van der Waals surface area contributed by atoms with Crippen molar-refractivity contribution in [2.75, 3.05) is 19.5 Å². The summed E-state index contributed by atoms with van der Waals surface area (Å²) in [7, 11) is 3.12. The molecule has 2 aliphatic carbocycles. The third-order valence-corrected chi connectivity index (χ3v) is 7.00. The number of nitrogens with one attached hydrogen (secondary N) is 2. The summed E-state index contributed by atoms with van der Waals surface area (Å²) in [6.07, 6.45) is 6.15. The van der Waals surface area contributed by atoms with E-state index >= 15 is 0 Å². The molecule has 1 amide bonds. The molecule has 4 aliphatic rings. The molecule has 5 nitrogen and oxygen atoms in total. The average Bonchev–Trinajstić information content (AvgIpc) is 2.66. The van der Waals surface area contributed by atoms with E-state index in [4.69, 9.17) is 10.1 Å². The van der Waals surface area contributed by atoms with Gasteiger partial charge in [-0.1, -0.05) is 6.92 Å². The van der Waals surface area contributed by atoms with Crippen molar-refractivity contribution in [3.63, 3.8) is 0 Å². The second-order valence-corrected chi connectivity index (χ2v) is 8.79. The smallest absolute Gasteiger partial charge is 0.223 e. The summed E-state index contributed by atoms with van der Waals surface area (Å²) in [4.78, 5) is 15.3. The maximum atomic E-state index is 14.9. The Balaban J connectivity index is 1.50. The molecule has 1 aromatic rings. The molecule has 2 saturated heterocycles. The number of amides is 1. The van der Waals surface area contributed by atoms with E-state index in [-0.39, 0.29) is 35.3 Å². The molecule has 0 radical (unpaired) electrons. The first-order valence-corrected chi connectivity index (χ1v) is 10.4. The minimum atomic E-state index is -0.548. The van der Waals surface area contributed by atoms with Gasteiger partial charge in [-0.05, 0) is 56.1 Å². The molecule has 1 aromatic carbocycles. The number of nitrogens with zero attached hydrogens (tertiary/aromatic N) is 1. The predicted octanol–water partition coefficient (Wildman–Crippen LogP) is 4.06. The molecule has 2 saturated carbocycles. The number of hydrogen-bond acceptors (Lipinski definition) is 4. The SMILES string of the molecule is CNc1ccc(OC)c(F)c1C(=N)C(C)CC(=O)N1C2CC3CC(C2)CC1C3. The highest BCUT2D eigenvalue weighted by Gasteiger charge is 2.48. The second kappa shape index (κ2) is 7.37. The van der Waals surface area contributed by atoms with Crippen molar-refractivity contribution in [1.82, 2.24) is 4.90 Å². The fourth-order valence-electron chi connectivity index (χ4n) is 5.84. The Morgan fingerprint density at radius 2 is 1.86 bits per heavy atom. The Hall–Kier alpha value is -2.11. The van der Waals surface area contributed by atoms with Gasteiger partial charge in [0.2, 0.25) is 5.91 Å². The van der Waals surface area contributed by atoms with Gasteiger partial charge in [0.1, 0.15) is 0 Å². The maximum Gasteiger partial charge on any atom is 0.223 e. The number of hydrogen-bond donors (Lipinski definition) is 2. The lowest BCUT2D eigenvalue weighted by Crippen LogP contribution is -2.60. The topological polar surface area (TPSA) is 65.4 Å². The highest BCUT2D eigenvalue weighted by Crippen LogP contribution is 2.49. The van der Waals surface area contributed by atoms with E-state index in [9.17, 15) is 9.18 Å². The molecule has 0 spiro atoms. The van der Waals surface area contributed by atoms with Crippen LogP contribution in [0.15, 0.2) is 12.1 Å². The molecule has 2 heterocycles. The van der Waals surface area contributed by atoms with Crippen molar-refractivity contribution < 1.29 is 13.9 Å². The number of ether oxygens (including phenoxy) is 1. The Bertz CT molecular complexity index is 766. The van der Waals surface area contributed by atoms with E-state index < -0.39 is 5.82 Å². The van der Waals surface area contributed by atoms with Crippen molar-refractivity contribution in [1.29, 1.82) is 5.41 Å². The lowest BCUT2D eigenvalue weighted by atomic mass is 9.63. The van der Waals surface area contributed by atoms with E-state index in [0.717, 1.165) is 37.5 Å². The zero-order valence-corrected chi connectivity index (χ0v) is 16.9. The van der Waals surface area contributed by atoms with Crippen LogP contribution in [-0.4, -0.2) is 42.8 Å². The van der Waals surface area contributed by atoms with Crippen LogP contribution < -0.4 is 10.1 Å². The summed E-state index contributed by atoms with van der Waals surface area (Å²) in [5.41, 5.74) is 0.874. The zero-order valence-electron chi connectivity index (χ0n) is 16.9. The molecule has 4 bridgehead atoms. The van der Waals surface area contributed by atoms with Crippen molar-refractivity contribution in [3.8, 4) is 5.75 Å². The number of methoxy groups -OCH3 is 1. The largest absolute Gasteiger partial charge is 0.494 e. The number of benzene rings is 1. The molecule has 0 aromatic heterocycles. The minimum absolute atomic E-state index is 0.113. The van der Waals surface area contributed by atoms with Gasteiger partial charge in [0.25, 0.3) is 0 Å². The van der Waals surface area contributed by atoms with Crippen LogP contribution in [0.3, 0.4) is 0 Å². The molecule has 6 heteroatoms. The summed E-state index contributed by atoms with van der Waals surface area (Å²) in [5, 5.41) is 11.5. The summed E-state index contributed by atoms with van der Waals surface area (Å²) in [6.45, 7) is 1.84. The molecular weight excluding hydrogens is 357 g/mol. The number of carbonyl (C=O) groups excluding carboxylic acids is 1. The van der Waals surface area contributed by atoms with E-state index in [2.05, 4.69) is 10.2 Å². The Labute approximate surface area is 166 Å². The first kappa shape index (κ1) is 19.2. The normalized spacial score (nSPS) is 28.9. The molecule has 1 atom stereocenters. The van der Waals surface area contributed by atoms with E-state index in [1.54, 1.807) is 19.2 Å². The second-order valence-electron chi connectivity index (χ2n) is 8.79. The summed E-state index contributed by atoms with van der Waals surface area (Å²) in [5.74, 6) is 0.923. The fraction of sp³-hybridized carbons (Fsp3) is 0.636. The standard InChI is InChI=1S/C22H30FN3O2/c1-12(22(24)20-17(25-2)4-5-18(28-3)21(20)23)6-19(27)26-15-8-13-7-14(10-15)11-16(26)9-13/h4-5,12-16,24-25H,6-11H2,1-3H3. The summed E-state index contributed by atoms with van der Waals surface area (Å²) in [6, 6.07) is 4.02. The first-order chi connectivity index (χ1) is 13.4. The van der Waals surface area contributed by atoms with E-state index in [0.29, 0.717) is 17.8 Å². The number of piperidine rings is 2. The molecule has 28 heavy (non-hydrogen) atoms. The molecular formula is C22H30FN3O2. The maximum absolute atomic E-state index is 14.9. The van der Waals surface area contributed by atoms with Gasteiger partial charge in [0.15, 0.2) is 11.6 Å².